The van der Waals surface area contributed by atoms with Gasteiger partial charge in [-0.05, 0) is 11.6 Å². The monoisotopic (exact) mass is 309 g/mol. The molecule has 0 aliphatic rings. The topological polar surface area (TPSA) is 78.2 Å². The summed E-state index contributed by atoms with van der Waals surface area (Å²) in [6, 6.07) is 6.01. The number of ether oxygens (including phenoxy) is 1. The van der Waals surface area contributed by atoms with Crippen molar-refractivity contribution in [2.24, 2.45) is 0 Å². The van der Waals surface area contributed by atoms with Gasteiger partial charge in [-0.1, -0.05) is 22.0 Å². The number of benzene rings is 1. The second-order valence-electron chi connectivity index (χ2n) is 3.36. The largest absolute Gasteiger partial charge is 0.424 e. The molecule has 0 radical (unpaired) electrons. The van der Waals surface area contributed by atoms with Crippen LogP contribution in [0.2, 0.25) is 0 Å². The normalized spacial score (nSPS) is 10.1. The molecule has 0 fully saturated rings. The third kappa shape index (κ3) is 3.01. The molecule has 0 atom stereocenters. The molecule has 7 heteroatoms. The Balaban J connectivity index is 2.17. The SMILES string of the molecule is O=[N+]([O-])c1cccc(Oc2ncc(CBr)cn2)c1. The summed E-state index contributed by atoms with van der Waals surface area (Å²) in [5.41, 5.74) is 0.881. The molecule has 0 aliphatic carbocycles. The van der Waals surface area contributed by atoms with E-state index in [9.17, 15) is 10.1 Å². The van der Waals surface area contributed by atoms with Crippen molar-refractivity contribution in [1.82, 2.24) is 9.97 Å². The molecule has 6 nitrogen and oxygen atoms in total. The summed E-state index contributed by atoms with van der Waals surface area (Å²) in [5.74, 6) is 0.329. The summed E-state index contributed by atoms with van der Waals surface area (Å²) in [6.07, 6.45) is 3.24. The predicted octanol–water partition coefficient (Wildman–Crippen LogP) is 3.07. The van der Waals surface area contributed by atoms with Crippen molar-refractivity contribution in [1.29, 1.82) is 0 Å². The van der Waals surface area contributed by atoms with Gasteiger partial charge < -0.3 is 4.74 Å². The number of alkyl halides is 1. The van der Waals surface area contributed by atoms with E-state index in [0.29, 0.717) is 11.1 Å². The number of nitro benzene ring substituents is 1. The average Bonchev–Trinajstić information content (AvgIpc) is 2.40. The Morgan fingerprint density at radius 3 is 2.67 bits per heavy atom. The van der Waals surface area contributed by atoms with Gasteiger partial charge in [-0.25, -0.2) is 9.97 Å². The van der Waals surface area contributed by atoms with E-state index in [1.165, 1.54) is 12.1 Å². The first-order valence-electron chi connectivity index (χ1n) is 4.98. The van der Waals surface area contributed by atoms with Crippen LogP contribution in [0.1, 0.15) is 5.56 Å². The summed E-state index contributed by atoms with van der Waals surface area (Å²) < 4.78 is 5.33. The molecule has 0 amide bonds. The molecule has 0 spiro atoms. The lowest BCUT2D eigenvalue weighted by atomic mass is 10.3. The lowest BCUT2D eigenvalue weighted by Crippen LogP contribution is -1.94. The van der Waals surface area contributed by atoms with Crippen molar-refractivity contribution in [3.63, 3.8) is 0 Å². The van der Waals surface area contributed by atoms with Crippen molar-refractivity contribution in [2.45, 2.75) is 5.33 Å². The van der Waals surface area contributed by atoms with Crippen LogP contribution >= 0.6 is 15.9 Å². The van der Waals surface area contributed by atoms with Crippen molar-refractivity contribution < 1.29 is 9.66 Å². The van der Waals surface area contributed by atoms with Gasteiger partial charge in [0.25, 0.3) is 5.69 Å². The molecule has 1 aromatic heterocycles. The van der Waals surface area contributed by atoms with Gasteiger partial charge in [0.2, 0.25) is 0 Å². The van der Waals surface area contributed by atoms with Crippen molar-refractivity contribution in [2.75, 3.05) is 0 Å². The molecule has 2 rings (SSSR count). The molecular formula is C11H8BrN3O3. The van der Waals surface area contributed by atoms with Crippen molar-refractivity contribution in [3.05, 3.63) is 52.3 Å². The maximum Gasteiger partial charge on any atom is 0.321 e. The van der Waals surface area contributed by atoms with Crippen LogP contribution in [0.15, 0.2) is 36.7 Å². The zero-order valence-electron chi connectivity index (χ0n) is 9.12. The lowest BCUT2D eigenvalue weighted by molar-refractivity contribution is -0.384. The molecule has 2 aromatic rings. The van der Waals surface area contributed by atoms with Crippen LogP contribution in [-0.4, -0.2) is 14.9 Å². The summed E-state index contributed by atoms with van der Waals surface area (Å²) in [5, 5.41) is 11.3. The van der Waals surface area contributed by atoms with Crippen LogP contribution in [0.25, 0.3) is 0 Å². The van der Waals surface area contributed by atoms with Crippen LogP contribution in [0.5, 0.6) is 11.8 Å². The second kappa shape index (κ2) is 5.54. The molecule has 0 aliphatic heterocycles. The summed E-state index contributed by atoms with van der Waals surface area (Å²) >= 11 is 3.28. The van der Waals surface area contributed by atoms with Gasteiger partial charge in [0.1, 0.15) is 5.75 Å². The highest BCUT2D eigenvalue weighted by Gasteiger charge is 2.07. The third-order valence-electron chi connectivity index (χ3n) is 2.07. The quantitative estimate of drug-likeness (QED) is 0.492. The van der Waals surface area contributed by atoms with E-state index in [-0.39, 0.29) is 11.7 Å². The zero-order valence-corrected chi connectivity index (χ0v) is 10.7. The fraction of sp³-hybridized carbons (Fsp3) is 0.0909. The molecule has 0 bridgehead atoms. The Labute approximate surface area is 111 Å². The smallest absolute Gasteiger partial charge is 0.321 e. The van der Waals surface area contributed by atoms with Gasteiger partial charge in [-0.2, -0.15) is 0 Å². The number of nitro groups is 1. The number of non-ortho nitro benzene ring substituents is 1. The zero-order chi connectivity index (χ0) is 13.0. The Morgan fingerprint density at radius 1 is 1.33 bits per heavy atom. The first kappa shape index (κ1) is 12.4. The van der Waals surface area contributed by atoms with E-state index in [1.54, 1.807) is 24.5 Å². The number of aromatic nitrogens is 2. The number of halogens is 1. The molecular weight excluding hydrogens is 302 g/mol. The maximum absolute atomic E-state index is 10.6. The maximum atomic E-state index is 10.6. The molecule has 0 unspecified atom stereocenters. The highest BCUT2D eigenvalue weighted by atomic mass is 79.9. The minimum atomic E-state index is -0.484. The molecule has 92 valence electrons. The molecule has 0 saturated carbocycles. The summed E-state index contributed by atoms with van der Waals surface area (Å²) in [4.78, 5) is 18.1. The van der Waals surface area contributed by atoms with Gasteiger partial charge in [-0.15, -0.1) is 0 Å². The lowest BCUT2D eigenvalue weighted by Gasteiger charge is -2.03. The minimum Gasteiger partial charge on any atom is -0.424 e. The fourth-order valence-electron chi connectivity index (χ4n) is 1.23. The molecule has 0 saturated heterocycles. The minimum absolute atomic E-state index is 0.0374. The second-order valence-corrected chi connectivity index (χ2v) is 3.92. The van der Waals surface area contributed by atoms with Gasteiger partial charge >= 0.3 is 6.01 Å². The van der Waals surface area contributed by atoms with Crippen LogP contribution in [0.4, 0.5) is 5.69 Å². The number of rotatable bonds is 4. The van der Waals surface area contributed by atoms with E-state index >= 15 is 0 Å². The van der Waals surface area contributed by atoms with Gasteiger partial charge in [0.05, 0.1) is 11.0 Å². The average molecular weight is 310 g/mol. The summed E-state index contributed by atoms with van der Waals surface area (Å²) in [7, 11) is 0. The van der Waals surface area contributed by atoms with Crippen LogP contribution in [0.3, 0.4) is 0 Å². The van der Waals surface area contributed by atoms with Crippen LogP contribution < -0.4 is 4.74 Å². The first-order chi connectivity index (χ1) is 8.69. The summed E-state index contributed by atoms with van der Waals surface area (Å²) in [6.45, 7) is 0. The molecule has 1 heterocycles. The van der Waals surface area contributed by atoms with E-state index in [0.717, 1.165) is 5.56 Å². The van der Waals surface area contributed by atoms with Gasteiger partial charge in [0, 0.05) is 23.8 Å². The van der Waals surface area contributed by atoms with E-state index < -0.39 is 4.92 Å². The predicted molar refractivity (Wildman–Crippen MR) is 67.8 cm³/mol. The number of hydrogen-bond acceptors (Lipinski definition) is 5. The Morgan fingerprint density at radius 2 is 2.06 bits per heavy atom. The molecule has 1 aromatic carbocycles. The Hall–Kier alpha value is -2.02. The highest BCUT2D eigenvalue weighted by molar-refractivity contribution is 9.08. The van der Waals surface area contributed by atoms with Crippen molar-refractivity contribution >= 4 is 21.6 Å². The Bertz CT molecular complexity index is 560. The number of nitrogens with zero attached hydrogens (tertiary/aromatic N) is 3. The fourth-order valence-corrected chi connectivity index (χ4v) is 1.52. The number of hydrogen-bond donors (Lipinski definition) is 0. The van der Waals surface area contributed by atoms with E-state index in [4.69, 9.17) is 4.74 Å². The molecule has 0 N–H and O–H groups in total. The van der Waals surface area contributed by atoms with E-state index in [1.807, 2.05) is 0 Å². The highest BCUT2D eigenvalue weighted by Crippen LogP contribution is 2.22. The first-order valence-corrected chi connectivity index (χ1v) is 6.10. The van der Waals surface area contributed by atoms with E-state index in [2.05, 4.69) is 25.9 Å². The van der Waals surface area contributed by atoms with Gasteiger partial charge in [-0.3, -0.25) is 10.1 Å². The van der Waals surface area contributed by atoms with Crippen LogP contribution in [0, 0.1) is 10.1 Å². The van der Waals surface area contributed by atoms with Crippen LogP contribution in [-0.2, 0) is 5.33 Å². The van der Waals surface area contributed by atoms with Gasteiger partial charge in [0.15, 0.2) is 0 Å². The Kier molecular flexibility index (Phi) is 3.83. The third-order valence-corrected chi connectivity index (χ3v) is 2.72. The van der Waals surface area contributed by atoms with Crippen molar-refractivity contribution in [3.8, 4) is 11.8 Å². The molecule has 18 heavy (non-hydrogen) atoms. The standard InChI is InChI=1S/C11H8BrN3O3/c12-5-8-6-13-11(14-7-8)18-10-3-1-2-9(4-10)15(16)17/h1-4,6-7H,5H2.